The zero-order valence-electron chi connectivity index (χ0n) is 10.4. The molecule has 0 saturated heterocycles. The molecule has 4 nitrogen and oxygen atoms in total. The van der Waals surface area contributed by atoms with Gasteiger partial charge in [-0.3, -0.25) is 4.79 Å². The van der Waals surface area contributed by atoms with Crippen LogP contribution in [-0.4, -0.2) is 29.0 Å². The van der Waals surface area contributed by atoms with Gasteiger partial charge in [-0.15, -0.1) is 11.3 Å². The number of carbonyl (C=O) groups is 1. The topological polar surface area (TPSA) is 66.6 Å². The quantitative estimate of drug-likeness (QED) is 0.844. The normalized spacial score (nSPS) is 14.7. The maximum atomic E-state index is 11.7. The Kier molecular flexibility index (Phi) is 3.54. The smallest absolute Gasteiger partial charge is 0.236 e. The molecule has 0 spiro atoms. The summed E-state index contributed by atoms with van der Waals surface area (Å²) < 4.78 is 0.781. The summed E-state index contributed by atoms with van der Waals surface area (Å²) >= 11 is 13.7. The third-order valence-corrected chi connectivity index (χ3v) is 5.65. The van der Waals surface area contributed by atoms with Crippen molar-refractivity contribution in [3.8, 4) is 5.75 Å². The van der Waals surface area contributed by atoms with Gasteiger partial charge in [0.2, 0.25) is 5.91 Å². The van der Waals surface area contributed by atoms with Gasteiger partial charge in [0.25, 0.3) is 0 Å². The number of phenols is 1. The Bertz CT molecular complexity index is 714. The number of rotatable bonds is 1. The first-order chi connectivity index (χ1) is 9.52. The molecule has 20 heavy (non-hydrogen) atoms. The van der Waals surface area contributed by atoms with Crippen molar-refractivity contribution in [1.82, 2.24) is 4.90 Å². The number of amides is 1. The molecule has 0 unspecified atom stereocenters. The van der Waals surface area contributed by atoms with Crippen LogP contribution in [0.2, 0.25) is 10.0 Å². The molecule has 1 aromatic heterocycles. The molecule has 0 bridgehead atoms. The van der Waals surface area contributed by atoms with E-state index in [9.17, 15) is 9.90 Å². The van der Waals surface area contributed by atoms with Crippen LogP contribution in [0.3, 0.4) is 0 Å². The minimum Gasteiger partial charge on any atom is -0.507 e. The highest BCUT2D eigenvalue weighted by molar-refractivity contribution is 7.20. The van der Waals surface area contributed by atoms with Gasteiger partial charge in [0, 0.05) is 22.9 Å². The van der Waals surface area contributed by atoms with Crippen LogP contribution in [0.15, 0.2) is 6.07 Å². The third kappa shape index (κ3) is 2.05. The number of nitrogens with two attached hydrogens (primary N) is 1. The van der Waals surface area contributed by atoms with E-state index >= 15 is 0 Å². The van der Waals surface area contributed by atoms with Crippen molar-refractivity contribution in [3.05, 3.63) is 26.6 Å². The Labute approximate surface area is 129 Å². The van der Waals surface area contributed by atoms with Crippen LogP contribution >= 0.6 is 34.5 Å². The molecule has 0 fully saturated rings. The Morgan fingerprint density at radius 2 is 2.25 bits per heavy atom. The van der Waals surface area contributed by atoms with Crippen molar-refractivity contribution in [2.75, 3.05) is 13.1 Å². The van der Waals surface area contributed by atoms with Crippen LogP contribution in [0.4, 0.5) is 0 Å². The van der Waals surface area contributed by atoms with Gasteiger partial charge in [-0.05, 0) is 12.0 Å². The summed E-state index contributed by atoms with van der Waals surface area (Å²) in [5, 5.41) is 11.7. The lowest BCUT2D eigenvalue weighted by Gasteiger charge is -2.26. The van der Waals surface area contributed by atoms with Crippen LogP contribution in [0.25, 0.3) is 10.1 Å². The monoisotopic (exact) mass is 330 g/mol. The van der Waals surface area contributed by atoms with Gasteiger partial charge in [-0.25, -0.2) is 0 Å². The maximum Gasteiger partial charge on any atom is 0.236 e. The number of aromatic hydroxyl groups is 1. The lowest BCUT2D eigenvalue weighted by atomic mass is 10.0. The predicted octanol–water partition coefficient (Wildman–Crippen LogP) is 2.76. The van der Waals surface area contributed by atoms with Crippen molar-refractivity contribution in [3.63, 3.8) is 0 Å². The summed E-state index contributed by atoms with van der Waals surface area (Å²) in [6, 6.07) is 1.47. The Morgan fingerprint density at radius 3 is 2.95 bits per heavy atom. The van der Waals surface area contributed by atoms with E-state index in [1.54, 1.807) is 4.90 Å². The molecule has 2 heterocycles. The Morgan fingerprint density at radius 1 is 1.50 bits per heavy atom. The molecule has 0 radical (unpaired) electrons. The van der Waals surface area contributed by atoms with Gasteiger partial charge in [0.15, 0.2) is 0 Å². The maximum absolute atomic E-state index is 11.7. The molecule has 0 atom stereocenters. The molecule has 1 aliphatic heterocycles. The lowest BCUT2D eigenvalue weighted by molar-refractivity contribution is -0.130. The molecular formula is C13H12Cl2N2O2S. The molecule has 1 amide bonds. The van der Waals surface area contributed by atoms with Crippen LogP contribution in [-0.2, 0) is 17.8 Å². The minimum atomic E-state index is -0.0681. The van der Waals surface area contributed by atoms with Crippen molar-refractivity contribution >= 4 is 50.5 Å². The molecule has 7 heteroatoms. The average molecular weight is 331 g/mol. The summed E-state index contributed by atoms with van der Waals surface area (Å²) in [4.78, 5) is 14.5. The second kappa shape index (κ2) is 5.07. The Balaban J connectivity index is 2.13. The molecule has 2 aromatic rings. The zero-order chi connectivity index (χ0) is 14.4. The summed E-state index contributed by atoms with van der Waals surface area (Å²) in [5.41, 5.74) is 6.46. The molecule has 0 aliphatic carbocycles. The number of benzene rings is 1. The number of nitrogens with zero attached hydrogens (tertiary/aromatic N) is 1. The standard InChI is InChI=1S/C13H12Cl2N2O2S/c14-7-3-8(18)11-6-1-2-17(10(19)4-16)5-9(6)20-13(11)12(7)15/h3,18H,1-2,4-5,16H2. The van der Waals surface area contributed by atoms with Gasteiger partial charge in [0.05, 0.1) is 27.8 Å². The van der Waals surface area contributed by atoms with E-state index in [2.05, 4.69) is 0 Å². The van der Waals surface area contributed by atoms with E-state index in [-0.39, 0.29) is 18.2 Å². The van der Waals surface area contributed by atoms with E-state index in [4.69, 9.17) is 28.9 Å². The highest BCUT2D eigenvalue weighted by Gasteiger charge is 2.26. The highest BCUT2D eigenvalue weighted by atomic mass is 35.5. The molecule has 3 N–H and O–H groups in total. The van der Waals surface area contributed by atoms with Gasteiger partial charge >= 0.3 is 0 Å². The number of phenolic OH excluding ortho intramolecular Hbond substituents is 1. The average Bonchev–Trinajstić information content (AvgIpc) is 2.82. The van der Waals surface area contributed by atoms with E-state index in [0.29, 0.717) is 29.6 Å². The highest BCUT2D eigenvalue weighted by Crippen LogP contribution is 2.45. The lowest BCUT2D eigenvalue weighted by Crippen LogP contribution is -2.39. The fraction of sp³-hybridized carbons (Fsp3) is 0.308. The van der Waals surface area contributed by atoms with Gasteiger partial charge in [-0.1, -0.05) is 23.2 Å². The number of fused-ring (bicyclic) bond motifs is 3. The van der Waals surface area contributed by atoms with Crippen LogP contribution in [0, 0.1) is 0 Å². The summed E-state index contributed by atoms with van der Waals surface area (Å²) in [5.74, 6) is 0.0759. The van der Waals surface area contributed by atoms with Crippen molar-refractivity contribution in [1.29, 1.82) is 0 Å². The van der Waals surface area contributed by atoms with E-state index in [0.717, 1.165) is 20.5 Å². The van der Waals surface area contributed by atoms with Gasteiger partial charge in [0.1, 0.15) is 5.75 Å². The zero-order valence-corrected chi connectivity index (χ0v) is 12.8. The van der Waals surface area contributed by atoms with E-state index in [1.807, 2.05) is 0 Å². The van der Waals surface area contributed by atoms with Gasteiger partial charge < -0.3 is 15.7 Å². The van der Waals surface area contributed by atoms with Crippen molar-refractivity contribution in [2.45, 2.75) is 13.0 Å². The molecular weight excluding hydrogens is 319 g/mol. The number of hydrogen-bond donors (Lipinski definition) is 2. The fourth-order valence-electron chi connectivity index (χ4n) is 2.54. The second-order valence-electron chi connectivity index (χ2n) is 4.67. The van der Waals surface area contributed by atoms with Gasteiger partial charge in [-0.2, -0.15) is 0 Å². The first-order valence-corrected chi connectivity index (χ1v) is 7.69. The van der Waals surface area contributed by atoms with E-state index in [1.165, 1.54) is 17.4 Å². The number of halogens is 2. The first kappa shape index (κ1) is 13.9. The number of thiophene rings is 1. The Hall–Kier alpha value is -1.01. The van der Waals surface area contributed by atoms with Crippen molar-refractivity contribution < 1.29 is 9.90 Å². The molecule has 1 aliphatic rings. The number of hydrogen-bond acceptors (Lipinski definition) is 4. The molecule has 106 valence electrons. The second-order valence-corrected chi connectivity index (χ2v) is 6.56. The SMILES string of the molecule is NCC(=O)N1CCc2c(sc3c(Cl)c(Cl)cc(O)c23)C1. The van der Waals surface area contributed by atoms with Crippen LogP contribution < -0.4 is 5.73 Å². The minimum absolute atomic E-state index is 0.0120. The fourth-order valence-corrected chi connectivity index (χ4v) is 4.38. The predicted molar refractivity (Wildman–Crippen MR) is 81.7 cm³/mol. The van der Waals surface area contributed by atoms with Crippen molar-refractivity contribution in [2.24, 2.45) is 5.73 Å². The largest absolute Gasteiger partial charge is 0.507 e. The van der Waals surface area contributed by atoms with Crippen LogP contribution in [0.5, 0.6) is 5.75 Å². The molecule has 1 aromatic carbocycles. The molecule has 0 saturated carbocycles. The summed E-state index contributed by atoms with van der Waals surface area (Å²) in [7, 11) is 0. The summed E-state index contributed by atoms with van der Waals surface area (Å²) in [6.07, 6.45) is 0.687. The van der Waals surface area contributed by atoms with Crippen LogP contribution in [0.1, 0.15) is 10.4 Å². The first-order valence-electron chi connectivity index (χ1n) is 6.12. The third-order valence-electron chi connectivity index (χ3n) is 3.51. The number of carbonyl (C=O) groups excluding carboxylic acids is 1. The molecule has 3 rings (SSSR count). The summed E-state index contributed by atoms with van der Waals surface area (Å²) in [6.45, 7) is 1.13. The van der Waals surface area contributed by atoms with E-state index < -0.39 is 0 Å².